The zero-order valence-corrected chi connectivity index (χ0v) is 20.1. The van der Waals surface area contributed by atoms with Crippen molar-refractivity contribution in [1.82, 2.24) is 5.32 Å². The molecule has 0 heterocycles. The summed E-state index contributed by atoms with van der Waals surface area (Å²) in [6.45, 7) is 3.58. The van der Waals surface area contributed by atoms with Crippen LogP contribution in [-0.4, -0.2) is 50.1 Å². The molecule has 0 rings (SSSR count). The first-order chi connectivity index (χ1) is 14.4. The van der Waals surface area contributed by atoms with E-state index in [1.807, 2.05) is 14.1 Å². The summed E-state index contributed by atoms with van der Waals surface area (Å²) in [5, 5.41) is 13.6. The number of carbonyl (C=O) groups is 2. The number of aliphatic carboxylic acids is 1. The van der Waals surface area contributed by atoms with Gasteiger partial charge in [0.1, 0.15) is 6.54 Å². The van der Waals surface area contributed by atoms with E-state index in [9.17, 15) is 14.7 Å². The first-order valence-electron chi connectivity index (χ1n) is 12.3. The Morgan fingerprint density at radius 2 is 1.33 bits per heavy atom. The summed E-state index contributed by atoms with van der Waals surface area (Å²) in [7, 11) is 3.73. The van der Waals surface area contributed by atoms with E-state index in [0.717, 1.165) is 19.3 Å². The Kier molecular flexibility index (Phi) is 18.7. The average Bonchev–Trinajstić information content (AvgIpc) is 2.67. The van der Waals surface area contributed by atoms with E-state index in [4.69, 9.17) is 0 Å². The minimum Gasteiger partial charge on any atom is -0.544 e. The number of carbonyl (C=O) groups excluding carboxylic acids is 2. The quantitative estimate of drug-likeness (QED) is 0.169. The molecule has 0 aromatic heterocycles. The van der Waals surface area contributed by atoms with Gasteiger partial charge < -0.3 is 19.7 Å². The van der Waals surface area contributed by atoms with Gasteiger partial charge >= 0.3 is 0 Å². The second-order valence-corrected chi connectivity index (χ2v) is 9.23. The molecular formula is C25H48N2O3. The maximum absolute atomic E-state index is 11.8. The molecule has 0 aliphatic heterocycles. The van der Waals surface area contributed by atoms with E-state index in [0.29, 0.717) is 24.0 Å². The van der Waals surface area contributed by atoms with Crippen LogP contribution in [0, 0.1) is 0 Å². The average molecular weight is 425 g/mol. The number of amides is 1. The van der Waals surface area contributed by atoms with E-state index in [2.05, 4.69) is 24.4 Å². The molecule has 176 valence electrons. The van der Waals surface area contributed by atoms with E-state index in [1.165, 1.54) is 70.6 Å². The van der Waals surface area contributed by atoms with Crippen LogP contribution in [-0.2, 0) is 9.59 Å². The van der Waals surface area contributed by atoms with Crippen molar-refractivity contribution in [2.45, 2.75) is 103 Å². The number of hydrogen-bond donors (Lipinski definition) is 1. The molecule has 0 aliphatic carbocycles. The number of nitrogens with zero attached hydrogens (tertiary/aromatic N) is 1. The summed E-state index contributed by atoms with van der Waals surface area (Å²) in [5.41, 5.74) is 0. The standard InChI is InChI=1S/C25H48N2O3/c1-4-5-6-7-8-9-10-11-12-13-14-15-16-17-18-20-24(28)26-21-19-22-27(2,3)23-25(29)30/h11-12H,4-10,13-23H2,1-3H3,(H-,26,28,29,30)/b12-11-. The van der Waals surface area contributed by atoms with Crippen molar-refractivity contribution in [1.29, 1.82) is 0 Å². The highest BCUT2D eigenvalue weighted by Gasteiger charge is 2.14. The molecular weight excluding hydrogens is 376 g/mol. The lowest BCUT2D eigenvalue weighted by Crippen LogP contribution is -2.49. The monoisotopic (exact) mass is 424 g/mol. The van der Waals surface area contributed by atoms with Crippen LogP contribution < -0.4 is 10.4 Å². The first-order valence-corrected chi connectivity index (χ1v) is 12.3. The van der Waals surface area contributed by atoms with Gasteiger partial charge in [0.15, 0.2) is 0 Å². The SMILES string of the molecule is CCCCCCCC/C=C\CCCCCCCC(=O)NCCC[N+](C)(C)CC(=O)[O-]. The number of carboxylic acid groups (broad SMARTS) is 1. The molecule has 0 fully saturated rings. The topological polar surface area (TPSA) is 69.2 Å². The molecule has 0 radical (unpaired) electrons. The summed E-state index contributed by atoms with van der Waals surface area (Å²) >= 11 is 0. The minimum atomic E-state index is -1.03. The normalized spacial score (nSPS) is 11.8. The Morgan fingerprint density at radius 1 is 0.800 bits per heavy atom. The molecule has 0 unspecified atom stereocenters. The van der Waals surface area contributed by atoms with Crippen LogP contribution in [0.3, 0.4) is 0 Å². The Balaban J connectivity index is 3.39. The minimum absolute atomic E-state index is 0.00284. The van der Waals surface area contributed by atoms with Gasteiger partial charge in [-0.2, -0.15) is 0 Å². The maximum atomic E-state index is 11.8. The second kappa shape index (κ2) is 19.6. The van der Waals surface area contributed by atoms with Gasteiger partial charge in [0.25, 0.3) is 0 Å². The largest absolute Gasteiger partial charge is 0.544 e. The highest BCUT2D eigenvalue weighted by Crippen LogP contribution is 2.10. The first kappa shape index (κ1) is 28.6. The molecule has 1 amide bonds. The predicted octanol–water partition coefficient (Wildman–Crippen LogP) is 4.36. The Bertz CT molecular complexity index is 461. The third kappa shape index (κ3) is 21.4. The van der Waals surface area contributed by atoms with Crippen molar-refractivity contribution >= 4 is 11.9 Å². The third-order valence-corrected chi connectivity index (χ3v) is 5.49. The Labute approximate surface area is 185 Å². The molecule has 0 aromatic carbocycles. The number of nitrogens with one attached hydrogen (secondary N) is 1. The Hall–Kier alpha value is -1.36. The smallest absolute Gasteiger partial charge is 0.219 e. The number of hydrogen-bond acceptors (Lipinski definition) is 3. The number of unbranched alkanes of at least 4 members (excludes halogenated alkanes) is 11. The summed E-state index contributed by atoms with van der Waals surface area (Å²) in [6.07, 6.45) is 22.4. The molecule has 0 aliphatic rings. The highest BCUT2D eigenvalue weighted by atomic mass is 16.4. The molecule has 0 atom stereocenters. The summed E-state index contributed by atoms with van der Waals surface area (Å²) in [5.74, 6) is -0.925. The number of allylic oxidation sites excluding steroid dienone is 2. The van der Waals surface area contributed by atoms with Crippen molar-refractivity contribution in [2.75, 3.05) is 33.7 Å². The predicted molar refractivity (Wildman–Crippen MR) is 124 cm³/mol. The van der Waals surface area contributed by atoms with Crippen LogP contribution >= 0.6 is 0 Å². The molecule has 0 saturated heterocycles. The fourth-order valence-corrected chi connectivity index (χ4v) is 3.61. The van der Waals surface area contributed by atoms with Crippen molar-refractivity contribution in [3.05, 3.63) is 12.2 Å². The van der Waals surface area contributed by atoms with E-state index in [-0.39, 0.29) is 12.5 Å². The third-order valence-electron chi connectivity index (χ3n) is 5.49. The number of quaternary nitrogens is 1. The van der Waals surface area contributed by atoms with Crippen LogP contribution in [0.5, 0.6) is 0 Å². The lowest BCUT2D eigenvalue weighted by Gasteiger charge is -2.30. The summed E-state index contributed by atoms with van der Waals surface area (Å²) in [6, 6.07) is 0. The fourth-order valence-electron chi connectivity index (χ4n) is 3.61. The lowest BCUT2D eigenvalue weighted by atomic mass is 10.1. The molecule has 0 saturated carbocycles. The lowest BCUT2D eigenvalue weighted by molar-refractivity contribution is -0.884. The van der Waals surface area contributed by atoms with Crippen LogP contribution in [0.4, 0.5) is 0 Å². The van der Waals surface area contributed by atoms with Crippen LogP contribution in [0.2, 0.25) is 0 Å². The molecule has 0 spiro atoms. The van der Waals surface area contributed by atoms with Gasteiger partial charge in [-0.1, -0.05) is 70.4 Å². The van der Waals surface area contributed by atoms with Crippen molar-refractivity contribution in [2.24, 2.45) is 0 Å². The van der Waals surface area contributed by atoms with E-state index < -0.39 is 5.97 Å². The van der Waals surface area contributed by atoms with Gasteiger partial charge in [0, 0.05) is 19.4 Å². The molecule has 5 heteroatoms. The number of likely N-dealkylation sites (N-methyl/N-ethyl adjacent to an activating group) is 1. The molecule has 30 heavy (non-hydrogen) atoms. The van der Waals surface area contributed by atoms with Gasteiger partial charge in [0.05, 0.1) is 26.6 Å². The van der Waals surface area contributed by atoms with Gasteiger partial charge in [0.2, 0.25) is 5.91 Å². The van der Waals surface area contributed by atoms with E-state index >= 15 is 0 Å². The van der Waals surface area contributed by atoms with E-state index in [1.54, 1.807) is 0 Å². The van der Waals surface area contributed by atoms with Crippen LogP contribution in [0.15, 0.2) is 12.2 Å². The summed E-state index contributed by atoms with van der Waals surface area (Å²) < 4.78 is 0.381. The highest BCUT2D eigenvalue weighted by molar-refractivity contribution is 5.75. The fraction of sp³-hybridized carbons (Fsp3) is 0.840. The molecule has 0 aromatic rings. The zero-order chi connectivity index (χ0) is 22.5. The maximum Gasteiger partial charge on any atom is 0.219 e. The zero-order valence-electron chi connectivity index (χ0n) is 20.1. The number of rotatable bonds is 21. The van der Waals surface area contributed by atoms with Gasteiger partial charge in [-0.25, -0.2) is 0 Å². The molecule has 1 N–H and O–H groups in total. The Morgan fingerprint density at radius 3 is 1.90 bits per heavy atom. The second-order valence-electron chi connectivity index (χ2n) is 9.23. The van der Waals surface area contributed by atoms with Crippen molar-refractivity contribution in [3.63, 3.8) is 0 Å². The van der Waals surface area contributed by atoms with Crippen LogP contribution in [0.25, 0.3) is 0 Å². The van der Waals surface area contributed by atoms with Gasteiger partial charge in [-0.3, -0.25) is 4.79 Å². The molecule has 5 nitrogen and oxygen atoms in total. The van der Waals surface area contributed by atoms with Crippen molar-refractivity contribution < 1.29 is 19.2 Å². The van der Waals surface area contributed by atoms with Crippen molar-refractivity contribution in [3.8, 4) is 0 Å². The molecule has 0 bridgehead atoms. The van der Waals surface area contributed by atoms with Gasteiger partial charge in [-0.05, 0) is 32.1 Å². The van der Waals surface area contributed by atoms with Gasteiger partial charge in [-0.15, -0.1) is 0 Å². The van der Waals surface area contributed by atoms with Crippen LogP contribution in [0.1, 0.15) is 103 Å². The number of carboxylic acids is 1. The summed E-state index contributed by atoms with van der Waals surface area (Å²) in [4.78, 5) is 22.5.